The third-order valence-corrected chi connectivity index (χ3v) is 6.66. The van der Waals surface area contributed by atoms with Gasteiger partial charge in [-0.3, -0.25) is 18.7 Å². The van der Waals surface area contributed by atoms with E-state index in [0.717, 1.165) is 16.1 Å². The molecule has 3 rings (SSSR count). The summed E-state index contributed by atoms with van der Waals surface area (Å²) in [6, 6.07) is 15.8. The van der Waals surface area contributed by atoms with E-state index in [2.05, 4.69) is 0 Å². The lowest BCUT2D eigenvalue weighted by Crippen LogP contribution is -2.29. The topological polar surface area (TPSA) is 101 Å². The first kappa shape index (κ1) is 23.5. The number of rotatable bonds is 9. The number of ether oxygens (including phenoxy) is 1. The van der Waals surface area contributed by atoms with E-state index >= 15 is 0 Å². The van der Waals surface area contributed by atoms with Crippen molar-refractivity contribution in [3.05, 3.63) is 65.7 Å². The minimum atomic E-state index is -3.40. The second-order valence-corrected chi connectivity index (χ2v) is 9.80. The highest BCUT2D eigenvalue weighted by Crippen LogP contribution is 2.20. The van der Waals surface area contributed by atoms with Crippen LogP contribution in [-0.4, -0.2) is 64.0 Å². The maximum absolute atomic E-state index is 12.4. The van der Waals surface area contributed by atoms with Gasteiger partial charge < -0.3 is 9.64 Å². The molecule has 170 valence electrons. The molecule has 1 unspecified atom stereocenters. The van der Waals surface area contributed by atoms with E-state index in [4.69, 9.17) is 4.74 Å². The van der Waals surface area contributed by atoms with E-state index in [1.54, 1.807) is 4.90 Å². The van der Waals surface area contributed by atoms with Crippen molar-refractivity contribution < 1.29 is 27.5 Å². The number of sulfonamides is 1. The largest absolute Gasteiger partial charge is 0.457 e. The molecule has 9 heteroatoms. The van der Waals surface area contributed by atoms with Crippen LogP contribution in [0.2, 0.25) is 0 Å². The molecule has 1 amide bonds. The molecule has 0 aromatic heterocycles. The molecule has 1 aliphatic heterocycles. The molecule has 0 saturated carbocycles. The van der Waals surface area contributed by atoms with Crippen molar-refractivity contribution in [1.82, 2.24) is 4.90 Å². The Morgan fingerprint density at radius 2 is 1.75 bits per heavy atom. The first-order chi connectivity index (χ1) is 15.1. The molecule has 0 bridgehead atoms. The average molecular weight is 459 g/mol. The van der Waals surface area contributed by atoms with Gasteiger partial charge in [-0.2, -0.15) is 0 Å². The van der Waals surface area contributed by atoms with Gasteiger partial charge in [0.25, 0.3) is 0 Å². The van der Waals surface area contributed by atoms with Crippen molar-refractivity contribution in [2.75, 3.05) is 37.3 Å². The summed E-state index contributed by atoms with van der Waals surface area (Å²) in [4.78, 5) is 38.6. The van der Waals surface area contributed by atoms with Crippen molar-refractivity contribution >= 4 is 33.4 Å². The standard InChI is InChI=1S/C23H26N2O6S/c1-24(32(2,29)30)20-10-8-18(9-11-20)21(26)16-31-23(28)19-14-22(27)25(15-19)13-12-17-6-4-3-5-7-17/h3-11,19H,12-16H2,1-2H3. The second kappa shape index (κ2) is 9.95. The number of hydrogen-bond donors (Lipinski definition) is 0. The molecule has 0 aliphatic carbocycles. The van der Waals surface area contributed by atoms with Gasteiger partial charge in [0, 0.05) is 32.1 Å². The SMILES string of the molecule is CN(c1ccc(C(=O)COC(=O)C2CC(=O)N(CCc3ccccc3)C2)cc1)S(C)(=O)=O. The van der Waals surface area contributed by atoms with Crippen LogP contribution in [0.25, 0.3) is 0 Å². The molecule has 1 heterocycles. The predicted molar refractivity (Wildman–Crippen MR) is 120 cm³/mol. The summed E-state index contributed by atoms with van der Waals surface area (Å²) in [5.74, 6) is -1.66. The third-order valence-electron chi connectivity index (χ3n) is 5.46. The Labute approximate surface area is 187 Å². The van der Waals surface area contributed by atoms with Gasteiger partial charge in [0.2, 0.25) is 15.9 Å². The maximum Gasteiger partial charge on any atom is 0.311 e. The normalized spacial score (nSPS) is 16.1. The molecule has 1 fully saturated rings. The molecule has 0 N–H and O–H groups in total. The van der Waals surface area contributed by atoms with E-state index in [9.17, 15) is 22.8 Å². The van der Waals surface area contributed by atoms with Crippen LogP contribution in [0.4, 0.5) is 5.69 Å². The van der Waals surface area contributed by atoms with Gasteiger partial charge >= 0.3 is 5.97 Å². The van der Waals surface area contributed by atoms with Crippen molar-refractivity contribution in [3.63, 3.8) is 0 Å². The van der Waals surface area contributed by atoms with E-state index in [0.29, 0.717) is 24.2 Å². The van der Waals surface area contributed by atoms with Gasteiger partial charge in [-0.25, -0.2) is 8.42 Å². The van der Waals surface area contributed by atoms with Gasteiger partial charge in [-0.15, -0.1) is 0 Å². The Hall–Kier alpha value is -3.20. The summed E-state index contributed by atoms with van der Waals surface area (Å²) in [6.07, 6.45) is 1.87. The van der Waals surface area contributed by atoms with Crippen LogP contribution in [0.5, 0.6) is 0 Å². The average Bonchev–Trinajstić information content (AvgIpc) is 3.16. The summed E-state index contributed by atoms with van der Waals surface area (Å²) in [6.45, 7) is 0.375. The molecule has 8 nitrogen and oxygen atoms in total. The van der Waals surface area contributed by atoms with Crippen molar-refractivity contribution in [1.29, 1.82) is 0 Å². The molecule has 2 aromatic carbocycles. The Kier molecular flexibility index (Phi) is 7.29. The highest BCUT2D eigenvalue weighted by atomic mass is 32.2. The zero-order valence-corrected chi connectivity index (χ0v) is 18.9. The van der Waals surface area contributed by atoms with Crippen LogP contribution in [0.1, 0.15) is 22.3 Å². The fourth-order valence-corrected chi connectivity index (χ4v) is 3.95. The third kappa shape index (κ3) is 5.94. The minimum absolute atomic E-state index is 0.0777. The fourth-order valence-electron chi connectivity index (χ4n) is 3.44. The number of carbonyl (C=O) groups is 3. The summed E-state index contributed by atoms with van der Waals surface area (Å²) in [5, 5.41) is 0. The second-order valence-electron chi connectivity index (χ2n) is 7.78. The zero-order valence-electron chi connectivity index (χ0n) is 18.1. The number of anilines is 1. The number of ketones is 1. The molecule has 2 aromatic rings. The first-order valence-electron chi connectivity index (χ1n) is 10.2. The van der Waals surface area contributed by atoms with Gasteiger partial charge in [0.05, 0.1) is 17.9 Å². The molecule has 1 atom stereocenters. The minimum Gasteiger partial charge on any atom is -0.457 e. The van der Waals surface area contributed by atoms with E-state index in [1.165, 1.54) is 31.3 Å². The highest BCUT2D eigenvalue weighted by Gasteiger charge is 2.35. The number of esters is 1. The fraction of sp³-hybridized carbons (Fsp3) is 0.348. The molecule has 1 saturated heterocycles. The Morgan fingerprint density at radius 3 is 2.38 bits per heavy atom. The smallest absolute Gasteiger partial charge is 0.311 e. The lowest BCUT2D eigenvalue weighted by Gasteiger charge is -2.17. The van der Waals surface area contributed by atoms with Gasteiger partial charge in [-0.05, 0) is 36.2 Å². The number of carbonyl (C=O) groups excluding carboxylic acids is 3. The molecular formula is C23H26N2O6S. The molecular weight excluding hydrogens is 432 g/mol. The number of benzene rings is 2. The summed E-state index contributed by atoms with van der Waals surface area (Å²) in [5.41, 5.74) is 1.84. The van der Waals surface area contributed by atoms with E-state index < -0.39 is 34.3 Å². The Balaban J connectivity index is 1.49. The number of nitrogens with zero attached hydrogens (tertiary/aromatic N) is 2. The monoisotopic (exact) mass is 458 g/mol. The van der Waals surface area contributed by atoms with Crippen LogP contribution in [0, 0.1) is 5.92 Å². The van der Waals surface area contributed by atoms with Gasteiger partial charge in [0.15, 0.2) is 12.4 Å². The van der Waals surface area contributed by atoms with Crippen molar-refractivity contribution in [2.45, 2.75) is 12.8 Å². The summed E-state index contributed by atoms with van der Waals surface area (Å²) >= 11 is 0. The predicted octanol–water partition coefficient (Wildman–Crippen LogP) is 1.90. The number of hydrogen-bond acceptors (Lipinski definition) is 6. The lowest BCUT2D eigenvalue weighted by atomic mass is 10.1. The van der Waals surface area contributed by atoms with Crippen LogP contribution >= 0.6 is 0 Å². The quantitative estimate of drug-likeness (QED) is 0.420. The molecule has 0 radical (unpaired) electrons. The van der Waals surface area contributed by atoms with E-state index in [1.807, 2.05) is 30.3 Å². The van der Waals surface area contributed by atoms with E-state index in [-0.39, 0.29) is 18.9 Å². The highest BCUT2D eigenvalue weighted by molar-refractivity contribution is 7.92. The Morgan fingerprint density at radius 1 is 1.09 bits per heavy atom. The van der Waals surface area contributed by atoms with Crippen LogP contribution in [-0.2, 0) is 30.8 Å². The van der Waals surface area contributed by atoms with Crippen LogP contribution in [0.3, 0.4) is 0 Å². The molecule has 0 spiro atoms. The maximum atomic E-state index is 12.4. The van der Waals surface area contributed by atoms with Crippen LogP contribution in [0.15, 0.2) is 54.6 Å². The molecule has 1 aliphatic rings. The molecule has 32 heavy (non-hydrogen) atoms. The zero-order chi connectivity index (χ0) is 23.3. The van der Waals surface area contributed by atoms with Crippen LogP contribution < -0.4 is 4.31 Å². The van der Waals surface area contributed by atoms with Gasteiger partial charge in [-0.1, -0.05) is 30.3 Å². The number of amides is 1. The number of Topliss-reactive ketones (excluding diaryl/α,β-unsaturated/α-hetero) is 1. The first-order valence-corrected chi connectivity index (χ1v) is 12.1. The van der Waals surface area contributed by atoms with Crippen molar-refractivity contribution in [2.24, 2.45) is 5.92 Å². The summed E-state index contributed by atoms with van der Waals surface area (Å²) in [7, 11) is -1.98. The summed E-state index contributed by atoms with van der Waals surface area (Å²) < 4.78 is 29.4. The number of likely N-dealkylation sites (tertiary alicyclic amines) is 1. The lowest BCUT2D eigenvalue weighted by molar-refractivity contribution is -0.147. The van der Waals surface area contributed by atoms with Gasteiger partial charge in [0.1, 0.15) is 0 Å². The Bertz CT molecular complexity index is 1080. The van der Waals surface area contributed by atoms with Crippen molar-refractivity contribution in [3.8, 4) is 0 Å².